The molecule has 0 N–H and O–H groups in total. The van der Waals surface area contributed by atoms with Crippen LogP contribution in [0.15, 0.2) is 103 Å². The van der Waals surface area contributed by atoms with Crippen molar-refractivity contribution in [3.8, 4) is 0 Å². The molecule has 3 nitrogen and oxygen atoms in total. The van der Waals surface area contributed by atoms with Gasteiger partial charge < -0.3 is 9.47 Å². The van der Waals surface area contributed by atoms with E-state index in [0.717, 1.165) is 19.8 Å². The van der Waals surface area contributed by atoms with Crippen molar-refractivity contribution in [3.63, 3.8) is 0 Å². The highest BCUT2D eigenvalue weighted by Crippen LogP contribution is 2.47. The normalized spacial score (nSPS) is 23.8. The third-order valence-corrected chi connectivity index (χ3v) is 8.87. The summed E-state index contributed by atoms with van der Waals surface area (Å²) in [6.45, 7) is 3.51. The molecule has 0 saturated carbocycles. The second-order valence-corrected chi connectivity index (χ2v) is 11.1. The molecule has 0 unspecified atom stereocenters. The third kappa shape index (κ3) is 4.81. The highest BCUT2D eigenvalue weighted by atomic mass is 16.5. The number of rotatable bonds is 10. The van der Waals surface area contributed by atoms with E-state index in [4.69, 9.17) is 9.47 Å². The average molecular weight is 494 g/mol. The maximum atomic E-state index is 7.32. The molecule has 3 aromatic rings. The topological polar surface area (TPSA) is 21.7 Å². The monoisotopic (exact) mass is 493 g/mol. The number of fused-ring (bicyclic) bond motifs is 1. The summed E-state index contributed by atoms with van der Waals surface area (Å²) in [6.07, 6.45) is 10.9. The van der Waals surface area contributed by atoms with Gasteiger partial charge in [0.15, 0.2) is 0 Å². The zero-order valence-electron chi connectivity index (χ0n) is 21.9. The van der Waals surface area contributed by atoms with Crippen molar-refractivity contribution in [1.29, 1.82) is 0 Å². The van der Waals surface area contributed by atoms with E-state index in [0.29, 0.717) is 12.6 Å². The SMILES string of the molecule is C1=C(COC[C@@H]2CC[C@]3(COC(c4ccccc4)(c4ccccc4)c4ccccc4)CCCN23)CCC1. The molecule has 2 saturated heterocycles. The molecule has 0 bridgehead atoms. The highest BCUT2D eigenvalue weighted by molar-refractivity contribution is 5.47. The van der Waals surface area contributed by atoms with Crippen LogP contribution < -0.4 is 0 Å². The van der Waals surface area contributed by atoms with Crippen LogP contribution in [-0.2, 0) is 15.1 Å². The van der Waals surface area contributed by atoms with Crippen molar-refractivity contribution in [1.82, 2.24) is 4.90 Å². The standard InChI is InChI=1S/C34H39NO2/c1-4-15-29(16-5-1)34(30-17-6-2-7-18-30,31-19-8-3-9-20-31)37-27-33-22-12-24-35(33)32(21-23-33)26-36-25-28-13-10-11-14-28/h1-9,13,15-20,32H,10-12,14,21-27H2/t32-,33-/m0/s1. The molecule has 0 aromatic heterocycles. The van der Waals surface area contributed by atoms with Gasteiger partial charge in [-0.3, -0.25) is 4.90 Å². The molecule has 2 aliphatic heterocycles. The van der Waals surface area contributed by atoms with E-state index in [9.17, 15) is 0 Å². The average Bonchev–Trinajstić information content (AvgIpc) is 3.70. The largest absolute Gasteiger partial charge is 0.375 e. The number of ether oxygens (including phenoxy) is 2. The third-order valence-electron chi connectivity index (χ3n) is 8.87. The van der Waals surface area contributed by atoms with Gasteiger partial charge in [0, 0.05) is 11.6 Å². The van der Waals surface area contributed by atoms with Gasteiger partial charge in [0.25, 0.3) is 0 Å². The molecule has 37 heavy (non-hydrogen) atoms. The van der Waals surface area contributed by atoms with E-state index in [1.807, 2.05) is 0 Å². The predicted molar refractivity (Wildman–Crippen MR) is 150 cm³/mol. The maximum absolute atomic E-state index is 7.32. The van der Waals surface area contributed by atoms with Gasteiger partial charge in [0.2, 0.25) is 0 Å². The second kappa shape index (κ2) is 10.9. The van der Waals surface area contributed by atoms with Gasteiger partial charge in [-0.15, -0.1) is 0 Å². The number of benzene rings is 3. The van der Waals surface area contributed by atoms with E-state index in [1.54, 1.807) is 0 Å². The van der Waals surface area contributed by atoms with E-state index in [-0.39, 0.29) is 5.54 Å². The van der Waals surface area contributed by atoms with Gasteiger partial charge in [-0.1, -0.05) is 97.1 Å². The molecule has 1 aliphatic carbocycles. The molecule has 3 aliphatic rings. The molecule has 2 fully saturated rings. The quantitative estimate of drug-likeness (QED) is 0.222. The lowest BCUT2D eigenvalue weighted by molar-refractivity contribution is -0.0512. The van der Waals surface area contributed by atoms with Crippen molar-refractivity contribution in [3.05, 3.63) is 119 Å². The minimum absolute atomic E-state index is 0.0875. The fourth-order valence-electron chi connectivity index (χ4n) is 7.00. The number of hydrogen-bond donors (Lipinski definition) is 0. The second-order valence-electron chi connectivity index (χ2n) is 11.1. The molecule has 3 heteroatoms. The molecule has 6 rings (SSSR count). The van der Waals surface area contributed by atoms with E-state index >= 15 is 0 Å². The zero-order valence-corrected chi connectivity index (χ0v) is 21.9. The summed E-state index contributed by atoms with van der Waals surface area (Å²) in [5.41, 5.74) is 4.45. The van der Waals surface area contributed by atoms with Gasteiger partial charge in [-0.25, -0.2) is 0 Å². The molecule has 3 aromatic carbocycles. The van der Waals surface area contributed by atoms with Crippen molar-refractivity contribution in [2.75, 3.05) is 26.4 Å². The molecule has 0 spiro atoms. The van der Waals surface area contributed by atoms with E-state index < -0.39 is 5.60 Å². The maximum Gasteiger partial charge on any atom is 0.143 e. The van der Waals surface area contributed by atoms with Gasteiger partial charge in [-0.2, -0.15) is 0 Å². The Morgan fingerprint density at radius 2 is 1.41 bits per heavy atom. The van der Waals surface area contributed by atoms with Crippen LogP contribution in [0, 0.1) is 0 Å². The summed E-state index contributed by atoms with van der Waals surface area (Å²) in [6, 6.07) is 32.8. The molecule has 0 radical (unpaired) electrons. The summed E-state index contributed by atoms with van der Waals surface area (Å²) >= 11 is 0. The van der Waals surface area contributed by atoms with Crippen LogP contribution in [0.3, 0.4) is 0 Å². The van der Waals surface area contributed by atoms with Crippen LogP contribution in [0.25, 0.3) is 0 Å². The minimum atomic E-state index is -0.656. The molecular formula is C34H39NO2. The first kappa shape index (κ1) is 24.6. The first-order valence-corrected chi connectivity index (χ1v) is 14.1. The molecule has 192 valence electrons. The highest BCUT2D eigenvalue weighted by Gasteiger charge is 2.51. The van der Waals surface area contributed by atoms with Gasteiger partial charge in [0.1, 0.15) is 5.60 Å². The Labute approximate surface area is 222 Å². The predicted octanol–water partition coefficient (Wildman–Crippen LogP) is 7.12. The van der Waals surface area contributed by atoms with Gasteiger partial charge in [-0.05, 0) is 73.8 Å². The Morgan fingerprint density at radius 1 is 0.784 bits per heavy atom. The Bertz CT molecular complexity index is 1080. The van der Waals surface area contributed by atoms with Gasteiger partial charge >= 0.3 is 0 Å². The number of hydrogen-bond acceptors (Lipinski definition) is 3. The van der Waals surface area contributed by atoms with Crippen LogP contribution in [0.2, 0.25) is 0 Å². The van der Waals surface area contributed by atoms with Crippen LogP contribution >= 0.6 is 0 Å². The Hall–Kier alpha value is -2.72. The number of allylic oxidation sites excluding steroid dienone is 1. The first-order valence-electron chi connectivity index (χ1n) is 14.1. The van der Waals surface area contributed by atoms with E-state index in [1.165, 1.54) is 67.2 Å². The van der Waals surface area contributed by atoms with E-state index in [2.05, 4.69) is 102 Å². The Morgan fingerprint density at radius 3 is 1.97 bits per heavy atom. The van der Waals surface area contributed by atoms with Crippen molar-refractivity contribution >= 4 is 0 Å². The summed E-state index contributed by atoms with van der Waals surface area (Å²) in [4.78, 5) is 2.74. The lowest BCUT2D eigenvalue weighted by atomic mass is 9.79. The smallest absolute Gasteiger partial charge is 0.143 e. The summed E-state index contributed by atoms with van der Waals surface area (Å²) in [5.74, 6) is 0. The molecular weight excluding hydrogens is 454 g/mol. The molecule has 2 atom stereocenters. The zero-order chi connectivity index (χ0) is 25.0. The van der Waals surface area contributed by atoms with Crippen LogP contribution in [0.5, 0.6) is 0 Å². The van der Waals surface area contributed by atoms with Crippen LogP contribution in [-0.4, -0.2) is 42.8 Å². The van der Waals surface area contributed by atoms with Crippen LogP contribution in [0.4, 0.5) is 0 Å². The summed E-state index contributed by atoms with van der Waals surface area (Å²) < 4.78 is 13.6. The van der Waals surface area contributed by atoms with Crippen molar-refractivity contribution in [2.24, 2.45) is 0 Å². The minimum Gasteiger partial charge on any atom is -0.375 e. The van der Waals surface area contributed by atoms with Crippen LogP contribution in [0.1, 0.15) is 61.6 Å². The lowest BCUT2D eigenvalue weighted by Gasteiger charge is -2.41. The molecule has 2 heterocycles. The number of nitrogens with zero attached hydrogens (tertiary/aromatic N) is 1. The first-order chi connectivity index (χ1) is 18.3. The summed E-state index contributed by atoms with van der Waals surface area (Å²) in [7, 11) is 0. The fraction of sp³-hybridized carbons (Fsp3) is 0.412. The Balaban J connectivity index is 1.28. The van der Waals surface area contributed by atoms with Crippen molar-refractivity contribution in [2.45, 2.75) is 62.1 Å². The van der Waals surface area contributed by atoms with Gasteiger partial charge in [0.05, 0.1) is 19.8 Å². The molecule has 0 amide bonds. The summed E-state index contributed by atoms with van der Waals surface area (Å²) in [5, 5.41) is 0. The van der Waals surface area contributed by atoms with Crippen molar-refractivity contribution < 1.29 is 9.47 Å². The Kier molecular flexibility index (Phi) is 7.28. The fourth-order valence-corrected chi connectivity index (χ4v) is 7.00. The lowest BCUT2D eigenvalue weighted by Crippen LogP contribution is -2.49.